The number of nitrogens with zero attached hydrogens (tertiary/aromatic N) is 3. The van der Waals surface area contributed by atoms with Crippen LogP contribution in [0.5, 0.6) is 0 Å². The number of nitrogens with two attached hydrogens (primary N) is 1. The van der Waals surface area contributed by atoms with Crippen LogP contribution in [0.25, 0.3) is 67.2 Å². The zero-order valence-electron chi connectivity index (χ0n) is 22.3. The standard InChI is InChI=1S/C37H26N4/c38-30-15-9-14-29(24-30)32-23-22-31(33-16-7-8-17-34(32)33)25-18-20-28(21-19-25)37-40-35(26-10-3-1-4-11-26)39-36(41-37)27-12-5-2-6-13-27/h1-24H,38H2. The van der Waals surface area contributed by atoms with Crippen LogP contribution in [-0.4, -0.2) is 15.0 Å². The largest absolute Gasteiger partial charge is 0.399 e. The van der Waals surface area contributed by atoms with E-state index >= 15 is 0 Å². The highest BCUT2D eigenvalue weighted by molar-refractivity contribution is 6.05. The molecule has 0 saturated heterocycles. The van der Waals surface area contributed by atoms with Crippen molar-refractivity contribution in [3.05, 3.63) is 146 Å². The minimum Gasteiger partial charge on any atom is -0.399 e. The van der Waals surface area contributed by atoms with Crippen LogP contribution in [0.15, 0.2) is 146 Å². The fourth-order valence-corrected chi connectivity index (χ4v) is 5.25. The maximum atomic E-state index is 6.09. The third-order valence-corrected chi connectivity index (χ3v) is 7.28. The molecule has 7 aromatic rings. The highest BCUT2D eigenvalue weighted by Gasteiger charge is 2.13. The normalized spacial score (nSPS) is 11.0. The summed E-state index contributed by atoms with van der Waals surface area (Å²) in [6.07, 6.45) is 0. The topological polar surface area (TPSA) is 64.7 Å². The molecule has 4 nitrogen and oxygen atoms in total. The number of hydrogen-bond acceptors (Lipinski definition) is 4. The van der Waals surface area contributed by atoms with Crippen LogP contribution < -0.4 is 5.73 Å². The minimum absolute atomic E-state index is 0.645. The van der Waals surface area contributed by atoms with E-state index in [9.17, 15) is 0 Å². The van der Waals surface area contributed by atoms with Gasteiger partial charge >= 0.3 is 0 Å². The predicted octanol–water partition coefficient (Wildman–Crippen LogP) is 8.94. The fourth-order valence-electron chi connectivity index (χ4n) is 5.25. The van der Waals surface area contributed by atoms with Crippen molar-refractivity contribution < 1.29 is 0 Å². The first kappa shape index (κ1) is 24.4. The first-order valence-corrected chi connectivity index (χ1v) is 13.6. The number of aromatic nitrogens is 3. The van der Waals surface area contributed by atoms with E-state index in [1.807, 2.05) is 78.9 Å². The van der Waals surface area contributed by atoms with Crippen molar-refractivity contribution in [1.29, 1.82) is 0 Å². The summed E-state index contributed by atoms with van der Waals surface area (Å²) in [6.45, 7) is 0. The summed E-state index contributed by atoms with van der Waals surface area (Å²) in [4.78, 5) is 14.6. The van der Waals surface area contributed by atoms with Crippen molar-refractivity contribution >= 4 is 16.5 Å². The molecule has 1 aromatic heterocycles. The lowest BCUT2D eigenvalue weighted by Crippen LogP contribution is -2.00. The molecule has 0 atom stereocenters. The molecule has 1 heterocycles. The molecule has 0 unspecified atom stereocenters. The van der Waals surface area contributed by atoms with Gasteiger partial charge in [0.15, 0.2) is 17.5 Å². The van der Waals surface area contributed by atoms with Gasteiger partial charge < -0.3 is 5.73 Å². The van der Waals surface area contributed by atoms with Crippen molar-refractivity contribution in [3.8, 4) is 56.4 Å². The number of fused-ring (bicyclic) bond motifs is 1. The first-order valence-electron chi connectivity index (χ1n) is 13.6. The second kappa shape index (κ2) is 10.5. The van der Waals surface area contributed by atoms with E-state index in [-0.39, 0.29) is 0 Å². The van der Waals surface area contributed by atoms with E-state index < -0.39 is 0 Å². The fraction of sp³-hybridized carbons (Fsp3) is 0. The summed E-state index contributed by atoms with van der Waals surface area (Å²) in [6, 6.07) is 49.5. The van der Waals surface area contributed by atoms with E-state index in [0.29, 0.717) is 17.5 Å². The third-order valence-electron chi connectivity index (χ3n) is 7.28. The molecule has 0 bridgehead atoms. The lowest BCUT2D eigenvalue weighted by Gasteiger charge is -2.13. The molecule has 0 fully saturated rings. The highest BCUT2D eigenvalue weighted by Crippen LogP contribution is 2.36. The average molecular weight is 527 g/mol. The zero-order chi connectivity index (χ0) is 27.6. The Hall–Kier alpha value is -5.61. The Morgan fingerprint density at radius 3 is 1.27 bits per heavy atom. The molecule has 0 amide bonds. The maximum Gasteiger partial charge on any atom is 0.164 e. The quantitative estimate of drug-likeness (QED) is 0.227. The summed E-state index contributed by atoms with van der Waals surface area (Å²) in [5.74, 6) is 1.95. The first-order chi connectivity index (χ1) is 20.2. The Bertz CT molecular complexity index is 1930. The summed E-state index contributed by atoms with van der Waals surface area (Å²) in [5, 5.41) is 2.38. The average Bonchev–Trinajstić information content (AvgIpc) is 3.05. The monoisotopic (exact) mass is 526 g/mol. The van der Waals surface area contributed by atoms with Crippen molar-refractivity contribution in [1.82, 2.24) is 15.0 Å². The van der Waals surface area contributed by atoms with Gasteiger partial charge in [-0.05, 0) is 45.2 Å². The SMILES string of the molecule is Nc1cccc(-c2ccc(-c3ccc(-c4nc(-c5ccccc5)nc(-c5ccccc5)n4)cc3)c3ccccc23)c1. The summed E-state index contributed by atoms with van der Waals surface area (Å²) >= 11 is 0. The smallest absolute Gasteiger partial charge is 0.164 e. The van der Waals surface area contributed by atoms with Gasteiger partial charge in [0.05, 0.1) is 0 Å². The van der Waals surface area contributed by atoms with Crippen molar-refractivity contribution in [2.75, 3.05) is 5.73 Å². The molecular formula is C37H26N4. The Balaban J connectivity index is 1.31. The van der Waals surface area contributed by atoms with Crippen LogP contribution in [0, 0.1) is 0 Å². The third kappa shape index (κ3) is 4.83. The van der Waals surface area contributed by atoms with Crippen LogP contribution in [0.4, 0.5) is 5.69 Å². The Labute approximate surface area is 238 Å². The number of nitrogen functional groups attached to an aromatic ring is 1. The zero-order valence-corrected chi connectivity index (χ0v) is 22.3. The Kier molecular flexibility index (Phi) is 6.26. The van der Waals surface area contributed by atoms with Gasteiger partial charge in [-0.3, -0.25) is 0 Å². The van der Waals surface area contributed by atoms with Crippen LogP contribution in [-0.2, 0) is 0 Å². The maximum absolute atomic E-state index is 6.09. The van der Waals surface area contributed by atoms with Crippen LogP contribution in [0.1, 0.15) is 0 Å². The summed E-state index contributed by atoms with van der Waals surface area (Å²) in [7, 11) is 0. The number of benzene rings is 6. The molecule has 6 aromatic carbocycles. The molecule has 194 valence electrons. The molecule has 0 spiro atoms. The van der Waals surface area contributed by atoms with Gasteiger partial charge in [-0.1, -0.05) is 133 Å². The molecule has 0 saturated carbocycles. The van der Waals surface area contributed by atoms with E-state index in [1.54, 1.807) is 0 Å². The van der Waals surface area contributed by atoms with Crippen LogP contribution >= 0.6 is 0 Å². The van der Waals surface area contributed by atoms with Gasteiger partial charge in [0, 0.05) is 22.4 Å². The van der Waals surface area contributed by atoms with Gasteiger partial charge in [0.1, 0.15) is 0 Å². The summed E-state index contributed by atoms with van der Waals surface area (Å²) in [5.41, 5.74) is 14.3. The molecule has 4 heteroatoms. The Morgan fingerprint density at radius 1 is 0.341 bits per heavy atom. The van der Waals surface area contributed by atoms with E-state index in [2.05, 4.69) is 66.7 Å². The van der Waals surface area contributed by atoms with E-state index in [4.69, 9.17) is 20.7 Å². The second-order valence-corrected chi connectivity index (χ2v) is 9.95. The van der Waals surface area contributed by atoms with Gasteiger partial charge in [-0.15, -0.1) is 0 Å². The molecule has 2 N–H and O–H groups in total. The second-order valence-electron chi connectivity index (χ2n) is 9.95. The van der Waals surface area contributed by atoms with Gasteiger partial charge in [-0.25, -0.2) is 15.0 Å². The van der Waals surface area contributed by atoms with Crippen molar-refractivity contribution in [2.24, 2.45) is 0 Å². The Morgan fingerprint density at radius 2 is 0.756 bits per heavy atom. The van der Waals surface area contributed by atoms with E-state index in [0.717, 1.165) is 33.5 Å². The number of rotatable bonds is 5. The van der Waals surface area contributed by atoms with Gasteiger partial charge in [-0.2, -0.15) is 0 Å². The molecule has 7 rings (SSSR count). The summed E-state index contributed by atoms with van der Waals surface area (Å²) < 4.78 is 0. The molecule has 0 aliphatic carbocycles. The van der Waals surface area contributed by atoms with Gasteiger partial charge in [0.2, 0.25) is 0 Å². The van der Waals surface area contributed by atoms with E-state index in [1.165, 1.54) is 21.9 Å². The predicted molar refractivity (Wildman–Crippen MR) is 169 cm³/mol. The molecular weight excluding hydrogens is 500 g/mol. The molecule has 0 aliphatic heterocycles. The van der Waals surface area contributed by atoms with Gasteiger partial charge in [0.25, 0.3) is 0 Å². The van der Waals surface area contributed by atoms with Crippen LogP contribution in [0.2, 0.25) is 0 Å². The minimum atomic E-state index is 0.645. The highest BCUT2D eigenvalue weighted by atomic mass is 15.0. The number of hydrogen-bond donors (Lipinski definition) is 1. The molecule has 41 heavy (non-hydrogen) atoms. The van der Waals surface area contributed by atoms with Crippen molar-refractivity contribution in [3.63, 3.8) is 0 Å². The lowest BCUT2D eigenvalue weighted by molar-refractivity contribution is 1.07. The van der Waals surface area contributed by atoms with Crippen LogP contribution in [0.3, 0.4) is 0 Å². The molecule has 0 radical (unpaired) electrons. The lowest BCUT2D eigenvalue weighted by atomic mass is 9.91. The molecule has 0 aliphatic rings. The van der Waals surface area contributed by atoms with Crippen molar-refractivity contribution in [2.45, 2.75) is 0 Å². The number of anilines is 1.